The molecular weight excluding hydrogens is 401 g/mol. The fourth-order valence-corrected chi connectivity index (χ4v) is 4.60. The van der Waals surface area contributed by atoms with Gasteiger partial charge in [0.2, 0.25) is 15.9 Å². The predicted octanol–water partition coefficient (Wildman–Crippen LogP) is -0.0474. The minimum atomic E-state index is -4.00. The van der Waals surface area contributed by atoms with E-state index in [0.717, 1.165) is 25.2 Å². The standard InChI is InChI=1S/C19H26FN3O5S/c1-22-7-9-23(10-8-22)19(25)12-15-5-6-17(18(13-24)28-15)21-29(26,27)16-4-2-3-14(20)11-16/h2-6,11,15,17-18,21,24H,7-10,12-13H2,1H3/t15-,17-,18+/m0/s1. The molecule has 160 valence electrons. The first-order valence-electron chi connectivity index (χ1n) is 9.47. The van der Waals surface area contributed by atoms with Crippen molar-refractivity contribution in [3.8, 4) is 0 Å². The summed E-state index contributed by atoms with van der Waals surface area (Å²) >= 11 is 0. The first-order chi connectivity index (χ1) is 13.8. The highest BCUT2D eigenvalue weighted by molar-refractivity contribution is 7.89. The van der Waals surface area contributed by atoms with E-state index in [1.807, 2.05) is 7.05 Å². The Morgan fingerprint density at radius 3 is 2.66 bits per heavy atom. The Morgan fingerprint density at radius 1 is 1.28 bits per heavy atom. The Hall–Kier alpha value is -1.85. The third kappa shape index (κ3) is 5.61. The molecule has 10 heteroatoms. The SMILES string of the molecule is CN1CCN(C(=O)C[C@@H]2C=C[C@H](NS(=O)(=O)c3cccc(F)c3)[C@@H](CO)O2)CC1. The van der Waals surface area contributed by atoms with Crippen molar-refractivity contribution in [3.63, 3.8) is 0 Å². The number of halogens is 1. The number of aliphatic hydroxyl groups excluding tert-OH is 1. The number of carbonyl (C=O) groups excluding carboxylic acids is 1. The van der Waals surface area contributed by atoms with Gasteiger partial charge in [-0.05, 0) is 25.2 Å². The number of sulfonamides is 1. The Labute approximate surface area is 170 Å². The minimum absolute atomic E-state index is 0.0387. The van der Waals surface area contributed by atoms with E-state index in [0.29, 0.717) is 13.1 Å². The number of rotatable bonds is 6. The van der Waals surface area contributed by atoms with Crippen LogP contribution in [0.15, 0.2) is 41.3 Å². The number of benzene rings is 1. The number of piperazine rings is 1. The van der Waals surface area contributed by atoms with Crippen LogP contribution in [0, 0.1) is 5.82 Å². The van der Waals surface area contributed by atoms with Crippen molar-refractivity contribution in [1.29, 1.82) is 0 Å². The minimum Gasteiger partial charge on any atom is -0.394 e. The van der Waals surface area contributed by atoms with Crippen LogP contribution in [0.2, 0.25) is 0 Å². The summed E-state index contributed by atoms with van der Waals surface area (Å²) in [5, 5.41) is 9.65. The maximum atomic E-state index is 13.4. The summed E-state index contributed by atoms with van der Waals surface area (Å²) < 4.78 is 46.5. The third-order valence-electron chi connectivity index (χ3n) is 5.09. The van der Waals surface area contributed by atoms with Crippen LogP contribution in [0.1, 0.15) is 6.42 Å². The second-order valence-electron chi connectivity index (χ2n) is 7.27. The van der Waals surface area contributed by atoms with Crippen molar-refractivity contribution < 1.29 is 27.4 Å². The number of hydrogen-bond donors (Lipinski definition) is 2. The van der Waals surface area contributed by atoms with E-state index < -0.39 is 40.7 Å². The van der Waals surface area contributed by atoms with Gasteiger partial charge in [-0.1, -0.05) is 18.2 Å². The molecule has 8 nitrogen and oxygen atoms in total. The molecule has 1 fully saturated rings. The summed E-state index contributed by atoms with van der Waals surface area (Å²) in [6, 6.07) is 3.83. The zero-order valence-corrected chi connectivity index (χ0v) is 17.0. The number of nitrogens with one attached hydrogen (secondary N) is 1. The highest BCUT2D eigenvalue weighted by Gasteiger charge is 2.32. The Kier molecular flexibility index (Phi) is 7.01. The number of ether oxygens (including phenoxy) is 1. The van der Waals surface area contributed by atoms with Gasteiger partial charge in [-0.3, -0.25) is 4.79 Å². The maximum Gasteiger partial charge on any atom is 0.241 e. The molecule has 1 aromatic rings. The lowest BCUT2D eigenvalue weighted by molar-refractivity contribution is -0.136. The van der Waals surface area contributed by atoms with Gasteiger partial charge in [0.15, 0.2) is 0 Å². The van der Waals surface area contributed by atoms with Gasteiger partial charge in [-0.2, -0.15) is 0 Å². The second-order valence-corrected chi connectivity index (χ2v) is 8.99. The predicted molar refractivity (Wildman–Crippen MR) is 104 cm³/mol. The van der Waals surface area contributed by atoms with Crippen LogP contribution < -0.4 is 4.72 Å². The van der Waals surface area contributed by atoms with Crippen LogP contribution in [0.3, 0.4) is 0 Å². The number of hydrogen-bond acceptors (Lipinski definition) is 6. The monoisotopic (exact) mass is 427 g/mol. The van der Waals surface area contributed by atoms with Crippen LogP contribution in [-0.4, -0.2) is 87.3 Å². The quantitative estimate of drug-likeness (QED) is 0.618. The lowest BCUT2D eigenvalue weighted by atomic mass is 10.1. The summed E-state index contributed by atoms with van der Waals surface area (Å²) in [7, 11) is -1.99. The molecule has 29 heavy (non-hydrogen) atoms. The van der Waals surface area contributed by atoms with Gasteiger partial charge in [0, 0.05) is 26.2 Å². The molecule has 2 aliphatic heterocycles. The molecule has 2 heterocycles. The van der Waals surface area contributed by atoms with E-state index in [-0.39, 0.29) is 17.2 Å². The highest BCUT2D eigenvalue weighted by Crippen LogP contribution is 2.19. The number of aliphatic hydroxyl groups is 1. The Bertz CT molecular complexity index is 855. The van der Waals surface area contributed by atoms with E-state index >= 15 is 0 Å². The lowest BCUT2D eigenvalue weighted by Crippen LogP contribution is -2.50. The van der Waals surface area contributed by atoms with Gasteiger partial charge in [-0.25, -0.2) is 17.5 Å². The van der Waals surface area contributed by atoms with Gasteiger partial charge in [0.1, 0.15) is 11.9 Å². The fraction of sp³-hybridized carbons (Fsp3) is 0.526. The molecule has 1 saturated heterocycles. The van der Waals surface area contributed by atoms with Crippen molar-refractivity contribution in [3.05, 3.63) is 42.2 Å². The largest absolute Gasteiger partial charge is 0.394 e. The molecule has 0 radical (unpaired) electrons. The van der Waals surface area contributed by atoms with Gasteiger partial charge in [-0.15, -0.1) is 0 Å². The summed E-state index contributed by atoms with van der Waals surface area (Å²) in [6.07, 6.45) is 1.92. The summed E-state index contributed by atoms with van der Waals surface area (Å²) in [5.74, 6) is -0.701. The van der Waals surface area contributed by atoms with Crippen LogP contribution in [0.5, 0.6) is 0 Å². The average Bonchev–Trinajstić information content (AvgIpc) is 2.69. The Balaban J connectivity index is 1.63. The second kappa shape index (κ2) is 9.31. The molecule has 2 aliphatic rings. The van der Waals surface area contributed by atoms with E-state index in [9.17, 15) is 22.7 Å². The van der Waals surface area contributed by atoms with Crippen molar-refractivity contribution in [1.82, 2.24) is 14.5 Å². The number of amides is 1. The van der Waals surface area contributed by atoms with Crippen LogP contribution in [0.25, 0.3) is 0 Å². The average molecular weight is 427 g/mol. The van der Waals surface area contributed by atoms with Crippen molar-refractivity contribution in [2.75, 3.05) is 39.8 Å². The van der Waals surface area contributed by atoms with Gasteiger partial charge >= 0.3 is 0 Å². The van der Waals surface area contributed by atoms with E-state index in [4.69, 9.17) is 4.74 Å². The van der Waals surface area contributed by atoms with Gasteiger partial charge < -0.3 is 19.6 Å². The molecule has 3 atom stereocenters. The molecule has 0 unspecified atom stereocenters. The summed E-state index contributed by atoms with van der Waals surface area (Å²) in [6.45, 7) is 2.52. The topological polar surface area (TPSA) is 99.2 Å². The number of carbonyl (C=O) groups is 1. The first-order valence-corrected chi connectivity index (χ1v) is 11.0. The normalized spacial score (nSPS) is 25.9. The molecule has 3 rings (SSSR count). The summed E-state index contributed by atoms with van der Waals surface area (Å²) in [4.78, 5) is 16.2. The van der Waals surface area contributed by atoms with Crippen LogP contribution in [-0.2, 0) is 19.6 Å². The molecule has 1 aromatic carbocycles. The molecule has 0 spiro atoms. The van der Waals surface area contributed by atoms with Crippen molar-refractivity contribution in [2.24, 2.45) is 0 Å². The molecule has 0 aliphatic carbocycles. The van der Waals surface area contributed by atoms with E-state index in [1.54, 1.807) is 17.1 Å². The number of nitrogens with zero attached hydrogens (tertiary/aromatic N) is 2. The van der Waals surface area contributed by atoms with E-state index in [2.05, 4.69) is 9.62 Å². The van der Waals surface area contributed by atoms with Crippen molar-refractivity contribution in [2.45, 2.75) is 29.6 Å². The molecule has 0 saturated carbocycles. The Morgan fingerprint density at radius 2 is 2.00 bits per heavy atom. The zero-order chi connectivity index (χ0) is 21.0. The van der Waals surface area contributed by atoms with Gasteiger partial charge in [0.25, 0.3) is 0 Å². The first kappa shape index (κ1) is 21.8. The van der Waals surface area contributed by atoms with E-state index in [1.165, 1.54) is 12.1 Å². The molecule has 1 amide bonds. The lowest BCUT2D eigenvalue weighted by Gasteiger charge is -2.35. The molecule has 0 bridgehead atoms. The molecular formula is C19H26FN3O5S. The molecule has 2 N–H and O–H groups in total. The zero-order valence-electron chi connectivity index (χ0n) is 16.2. The smallest absolute Gasteiger partial charge is 0.241 e. The van der Waals surface area contributed by atoms with Gasteiger partial charge in [0.05, 0.1) is 30.1 Å². The molecule has 0 aromatic heterocycles. The van der Waals surface area contributed by atoms with Crippen LogP contribution >= 0.6 is 0 Å². The number of likely N-dealkylation sites (N-methyl/N-ethyl adjacent to an activating group) is 1. The third-order valence-corrected chi connectivity index (χ3v) is 6.55. The highest BCUT2D eigenvalue weighted by atomic mass is 32.2. The fourth-order valence-electron chi connectivity index (χ4n) is 3.35. The summed E-state index contributed by atoms with van der Waals surface area (Å²) in [5.41, 5.74) is 0. The van der Waals surface area contributed by atoms with Crippen molar-refractivity contribution >= 4 is 15.9 Å². The maximum absolute atomic E-state index is 13.4. The van der Waals surface area contributed by atoms with Crippen LogP contribution in [0.4, 0.5) is 4.39 Å².